The van der Waals surface area contributed by atoms with E-state index >= 15 is 0 Å². The van der Waals surface area contributed by atoms with E-state index in [4.69, 9.17) is 11.6 Å². The van der Waals surface area contributed by atoms with Crippen LogP contribution in [0.1, 0.15) is 29.6 Å². The van der Waals surface area contributed by atoms with Gasteiger partial charge in [-0.3, -0.25) is 9.52 Å². The molecule has 2 aromatic carbocycles. The van der Waals surface area contributed by atoms with Crippen LogP contribution in [0.2, 0.25) is 5.02 Å². The molecule has 5 nitrogen and oxygen atoms in total. The van der Waals surface area contributed by atoms with Crippen molar-refractivity contribution in [3.63, 3.8) is 0 Å². The van der Waals surface area contributed by atoms with E-state index in [0.29, 0.717) is 5.56 Å². The van der Waals surface area contributed by atoms with Crippen LogP contribution in [0.15, 0.2) is 53.4 Å². The van der Waals surface area contributed by atoms with Crippen molar-refractivity contribution >= 4 is 33.2 Å². The molecular formula is C18H19ClN2O3S. The lowest BCUT2D eigenvalue weighted by Crippen LogP contribution is -2.35. The molecule has 1 aliphatic heterocycles. The largest absolute Gasteiger partial charge is 0.339 e. The fourth-order valence-corrected chi connectivity index (χ4v) is 4.20. The van der Waals surface area contributed by atoms with Crippen molar-refractivity contribution < 1.29 is 13.2 Å². The van der Waals surface area contributed by atoms with E-state index in [0.717, 1.165) is 32.4 Å². The number of halogens is 1. The molecule has 1 aliphatic rings. The highest BCUT2D eigenvalue weighted by Gasteiger charge is 2.20. The van der Waals surface area contributed by atoms with E-state index < -0.39 is 10.0 Å². The molecule has 0 radical (unpaired) electrons. The number of carbonyl (C=O) groups is 1. The van der Waals surface area contributed by atoms with Crippen LogP contribution in [0.25, 0.3) is 0 Å². The summed E-state index contributed by atoms with van der Waals surface area (Å²) in [6.07, 6.45) is 3.16. The van der Waals surface area contributed by atoms with Crippen LogP contribution in [-0.4, -0.2) is 32.3 Å². The molecule has 0 spiro atoms. The summed E-state index contributed by atoms with van der Waals surface area (Å²) in [6.45, 7) is 1.50. The number of sulfonamides is 1. The maximum absolute atomic E-state index is 12.5. The van der Waals surface area contributed by atoms with Gasteiger partial charge in [0.15, 0.2) is 0 Å². The molecule has 0 aliphatic carbocycles. The van der Waals surface area contributed by atoms with Crippen LogP contribution in [0.5, 0.6) is 0 Å². The minimum atomic E-state index is -3.72. The molecule has 1 heterocycles. The molecule has 1 amide bonds. The third kappa shape index (κ3) is 4.14. The predicted octanol–water partition coefficient (Wildman–Crippen LogP) is 3.77. The molecule has 0 atom stereocenters. The number of piperidine rings is 1. The monoisotopic (exact) mass is 378 g/mol. The van der Waals surface area contributed by atoms with Crippen molar-refractivity contribution in [3.8, 4) is 0 Å². The van der Waals surface area contributed by atoms with Gasteiger partial charge in [0.25, 0.3) is 15.9 Å². The lowest BCUT2D eigenvalue weighted by molar-refractivity contribution is 0.0724. The summed E-state index contributed by atoms with van der Waals surface area (Å²) in [6, 6.07) is 12.7. The first-order valence-corrected chi connectivity index (χ1v) is 10.0. The summed E-state index contributed by atoms with van der Waals surface area (Å²) < 4.78 is 27.2. The Hall–Kier alpha value is -2.05. The summed E-state index contributed by atoms with van der Waals surface area (Å²) in [5, 5.41) is 0.197. The van der Waals surface area contributed by atoms with Gasteiger partial charge in [0.05, 0.1) is 15.6 Å². The molecule has 1 fully saturated rings. The average molecular weight is 379 g/mol. The topological polar surface area (TPSA) is 66.5 Å². The Bertz CT molecular complexity index is 863. The highest BCUT2D eigenvalue weighted by Crippen LogP contribution is 2.26. The summed E-state index contributed by atoms with van der Waals surface area (Å²) >= 11 is 6.21. The van der Waals surface area contributed by atoms with Gasteiger partial charge in [-0.1, -0.05) is 29.8 Å². The van der Waals surface area contributed by atoms with Gasteiger partial charge < -0.3 is 4.90 Å². The first-order chi connectivity index (χ1) is 12.0. The van der Waals surface area contributed by atoms with Crippen molar-refractivity contribution in [1.29, 1.82) is 0 Å². The zero-order valence-electron chi connectivity index (χ0n) is 13.6. The minimum Gasteiger partial charge on any atom is -0.339 e. The molecule has 2 aromatic rings. The van der Waals surface area contributed by atoms with E-state index in [1.54, 1.807) is 24.3 Å². The quantitative estimate of drug-likeness (QED) is 0.880. The number of hydrogen-bond donors (Lipinski definition) is 1. The summed E-state index contributed by atoms with van der Waals surface area (Å²) in [7, 11) is -3.72. The van der Waals surface area contributed by atoms with Gasteiger partial charge in [0.2, 0.25) is 0 Å². The average Bonchev–Trinajstić information content (AvgIpc) is 2.64. The molecular weight excluding hydrogens is 360 g/mol. The smallest absolute Gasteiger partial charge is 0.261 e. The third-order valence-corrected chi connectivity index (χ3v) is 5.85. The molecule has 0 saturated carbocycles. The van der Waals surface area contributed by atoms with Gasteiger partial charge >= 0.3 is 0 Å². The summed E-state index contributed by atoms with van der Waals surface area (Å²) in [5.41, 5.74) is 0.718. The van der Waals surface area contributed by atoms with Crippen LogP contribution in [0.4, 0.5) is 5.69 Å². The number of rotatable bonds is 4. The highest BCUT2D eigenvalue weighted by molar-refractivity contribution is 7.92. The van der Waals surface area contributed by atoms with Crippen molar-refractivity contribution in [2.75, 3.05) is 17.8 Å². The Labute approximate surface area is 152 Å². The van der Waals surface area contributed by atoms with Gasteiger partial charge in [-0.25, -0.2) is 8.42 Å². The standard InChI is InChI=1S/C18H19ClN2O3S/c19-16-13-14(18(22)21-11-5-2-6-12-21)9-10-17(16)20-25(23,24)15-7-3-1-4-8-15/h1,3-4,7-10,13,20H,2,5-6,11-12H2. The van der Waals surface area contributed by atoms with Crippen LogP contribution in [0.3, 0.4) is 0 Å². The second kappa shape index (κ2) is 7.45. The maximum atomic E-state index is 12.5. The number of nitrogens with one attached hydrogen (secondary N) is 1. The molecule has 0 bridgehead atoms. The highest BCUT2D eigenvalue weighted by atomic mass is 35.5. The Balaban J connectivity index is 1.79. The van der Waals surface area contributed by atoms with Crippen LogP contribution in [-0.2, 0) is 10.0 Å². The van der Waals surface area contributed by atoms with Crippen molar-refractivity contribution in [2.24, 2.45) is 0 Å². The molecule has 1 N–H and O–H groups in total. The predicted molar refractivity (Wildman–Crippen MR) is 98.5 cm³/mol. The van der Waals surface area contributed by atoms with Gasteiger partial charge in [0, 0.05) is 18.7 Å². The minimum absolute atomic E-state index is 0.0703. The molecule has 25 heavy (non-hydrogen) atoms. The van der Waals surface area contributed by atoms with E-state index in [1.165, 1.54) is 24.3 Å². The van der Waals surface area contributed by atoms with Crippen LogP contribution in [0, 0.1) is 0 Å². The maximum Gasteiger partial charge on any atom is 0.261 e. The van der Waals surface area contributed by atoms with E-state index in [9.17, 15) is 13.2 Å². The number of likely N-dealkylation sites (tertiary alicyclic amines) is 1. The molecule has 3 rings (SSSR count). The Morgan fingerprint density at radius 3 is 2.32 bits per heavy atom. The van der Waals surface area contributed by atoms with E-state index in [1.807, 2.05) is 4.90 Å². The van der Waals surface area contributed by atoms with E-state index in [2.05, 4.69) is 4.72 Å². The van der Waals surface area contributed by atoms with Gasteiger partial charge in [-0.2, -0.15) is 0 Å². The van der Waals surface area contributed by atoms with Crippen molar-refractivity contribution in [3.05, 3.63) is 59.1 Å². The zero-order chi connectivity index (χ0) is 17.9. The van der Waals surface area contributed by atoms with Crippen LogP contribution >= 0.6 is 11.6 Å². The molecule has 1 saturated heterocycles. The number of amides is 1. The lowest BCUT2D eigenvalue weighted by Gasteiger charge is -2.26. The number of nitrogens with zero attached hydrogens (tertiary/aromatic N) is 1. The molecule has 7 heteroatoms. The Morgan fingerprint density at radius 1 is 1.00 bits per heavy atom. The Morgan fingerprint density at radius 2 is 1.68 bits per heavy atom. The number of hydrogen-bond acceptors (Lipinski definition) is 3. The van der Waals surface area contributed by atoms with Gasteiger partial charge in [0.1, 0.15) is 0 Å². The normalized spacial score (nSPS) is 15.0. The van der Waals surface area contributed by atoms with E-state index in [-0.39, 0.29) is 21.5 Å². The number of anilines is 1. The van der Waals surface area contributed by atoms with Gasteiger partial charge in [-0.15, -0.1) is 0 Å². The zero-order valence-corrected chi connectivity index (χ0v) is 15.2. The SMILES string of the molecule is O=C(c1ccc(NS(=O)(=O)c2ccccc2)c(Cl)c1)N1CCCCC1. The fourth-order valence-electron chi connectivity index (χ4n) is 2.81. The number of carbonyl (C=O) groups excluding carboxylic acids is 1. The second-order valence-electron chi connectivity index (χ2n) is 5.97. The summed E-state index contributed by atoms with van der Waals surface area (Å²) in [5.74, 6) is -0.0703. The molecule has 0 unspecified atom stereocenters. The molecule has 132 valence electrons. The lowest BCUT2D eigenvalue weighted by atomic mass is 10.1. The first-order valence-electron chi connectivity index (χ1n) is 8.14. The van der Waals surface area contributed by atoms with Crippen LogP contribution < -0.4 is 4.72 Å². The number of benzene rings is 2. The second-order valence-corrected chi connectivity index (χ2v) is 8.06. The molecule has 0 aromatic heterocycles. The van der Waals surface area contributed by atoms with Crippen molar-refractivity contribution in [2.45, 2.75) is 24.2 Å². The third-order valence-electron chi connectivity index (χ3n) is 4.16. The fraction of sp³-hybridized carbons (Fsp3) is 0.278. The van der Waals surface area contributed by atoms with Gasteiger partial charge in [-0.05, 0) is 49.6 Å². The summed E-state index contributed by atoms with van der Waals surface area (Å²) in [4.78, 5) is 14.5. The first kappa shape index (κ1) is 17.8. The Kier molecular flexibility index (Phi) is 5.30. The van der Waals surface area contributed by atoms with Crippen molar-refractivity contribution in [1.82, 2.24) is 4.90 Å².